The Hall–Kier alpha value is -1.81. The van der Waals surface area contributed by atoms with Gasteiger partial charge < -0.3 is 15.6 Å². The Morgan fingerprint density at radius 3 is 2.85 bits per heavy atom. The number of fused-ring (bicyclic) bond motifs is 3. The SMILES string of the molecule is CCCC1CNCc2[nH]c3ccccc3c21.CNC=O. The number of aromatic nitrogens is 1. The quantitative estimate of drug-likeness (QED) is 0.753. The summed E-state index contributed by atoms with van der Waals surface area (Å²) in [7, 11) is 1.56. The Morgan fingerprint density at radius 1 is 1.40 bits per heavy atom. The first-order valence-electron chi connectivity index (χ1n) is 7.22. The van der Waals surface area contributed by atoms with E-state index in [0.29, 0.717) is 12.3 Å². The molecule has 0 saturated heterocycles. The Morgan fingerprint density at radius 2 is 2.15 bits per heavy atom. The van der Waals surface area contributed by atoms with E-state index in [1.54, 1.807) is 12.6 Å². The summed E-state index contributed by atoms with van der Waals surface area (Å²) in [5, 5.41) is 7.18. The lowest BCUT2D eigenvalue weighted by atomic mass is 9.89. The molecule has 0 radical (unpaired) electrons. The molecule has 0 saturated carbocycles. The first-order chi connectivity index (χ1) is 9.81. The molecule has 3 rings (SSSR count). The zero-order valence-electron chi connectivity index (χ0n) is 12.2. The van der Waals surface area contributed by atoms with Gasteiger partial charge in [-0.3, -0.25) is 4.79 Å². The van der Waals surface area contributed by atoms with E-state index in [1.165, 1.54) is 29.4 Å². The molecule has 4 nitrogen and oxygen atoms in total. The molecule has 0 fully saturated rings. The lowest BCUT2D eigenvalue weighted by Gasteiger charge is -2.23. The molecule has 1 aliphatic rings. The van der Waals surface area contributed by atoms with Crippen LogP contribution in [0.25, 0.3) is 10.9 Å². The lowest BCUT2D eigenvalue weighted by Crippen LogP contribution is -2.27. The third-order valence-electron chi connectivity index (χ3n) is 3.68. The largest absolute Gasteiger partial charge is 0.362 e. The van der Waals surface area contributed by atoms with Crippen molar-refractivity contribution in [3.8, 4) is 0 Å². The highest BCUT2D eigenvalue weighted by Crippen LogP contribution is 2.34. The molecule has 1 aromatic carbocycles. The third-order valence-corrected chi connectivity index (χ3v) is 3.68. The van der Waals surface area contributed by atoms with Crippen molar-refractivity contribution >= 4 is 17.3 Å². The summed E-state index contributed by atoms with van der Waals surface area (Å²) in [5.41, 5.74) is 4.25. The van der Waals surface area contributed by atoms with Crippen LogP contribution in [-0.2, 0) is 11.3 Å². The van der Waals surface area contributed by atoms with Gasteiger partial charge in [0.1, 0.15) is 0 Å². The van der Waals surface area contributed by atoms with Gasteiger partial charge in [-0.1, -0.05) is 31.5 Å². The van der Waals surface area contributed by atoms with Crippen LogP contribution in [0, 0.1) is 0 Å². The van der Waals surface area contributed by atoms with Crippen LogP contribution in [-0.4, -0.2) is 25.0 Å². The monoisotopic (exact) mass is 273 g/mol. The predicted molar refractivity (Wildman–Crippen MR) is 82.8 cm³/mol. The van der Waals surface area contributed by atoms with Crippen LogP contribution in [0.15, 0.2) is 24.3 Å². The molecule has 0 aliphatic carbocycles. The number of nitrogens with one attached hydrogen (secondary N) is 3. The number of amides is 1. The minimum Gasteiger partial charge on any atom is -0.362 e. The van der Waals surface area contributed by atoms with E-state index >= 15 is 0 Å². The van der Waals surface area contributed by atoms with Crippen LogP contribution >= 0.6 is 0 Å². The van der Waals surface area contributed by atoms with E-state index in [9.17, 15) is 0 Å². The van der Waals surface area contributed by atoms with Gasteiger partial charge in [0.05, 0.1) is 0 Å². The molecule has 0 bridgehead atoms. The summed E-state index contributed by atoms with van der Waals surface area (Å²) in [6.07, 6.45) is 3.16. The van der Waals surface area contributed by atoms with Gasteiger partial charge in [0.2, 0.25) is 6.41 Å². The average Bonchev–Trinajstić information content (AvgIpc) is 2.87. The molecule has 1 atom stereocenters. The lowest BCUT2D eigenvalue weighted by molar-refractivity contribution is -0.109. The van der Waals surface area contributed by atoms with E-state index in [-0.39, 0.29) is 0 Å². The molecule has 3 N–H and O–H groups in total. The van der Waals surface area contributed by atoms with E-state index < -0.39 is 0 Å². The van der Waals surface area contributed by atoms with Crippen molar-refractivity contribution in [3.63, 3.8) is 0 Å². The van der Waals surface area contributed by atoms with Gasteiger partial charge >= 0.3 is 0 Å². The van der Waals surface area contributed by atoms with Crippen molar-refractivity contribution in [2.75, 3.05) is 13.6 Å². The van der Waals surface area contributed by atoms with E-state index in [1.807, 2.05) is 0 Å². The summed E-state index contributed by atoms with van der Waals surface area (Å²) >= 11 is 0. The number of carbonyl (C=O) groups excluding carboxylic acids is 1. The van der Waals surface area contributed by atoms with Crippen LogP contribution in [0.1, 0.15) is 36.9 Å². The van der Waals surface area contributed by atoms with E-state index in [2.05, 4.69) is 46.8 Å². The number of hydrogen-bond donors (Lipinski definition) is 3. The minimum absolute atomic E-state index is 0.625. The van der Waals surface area contributed by atoms with Crippen molar-refractivity contribution in [3.05, 3.63) is 35.5 Å². The van der Waals surface area contributed by atoms with Gasteiger partial charge in [0.15, 0.2) is 0 Å². The maximum Gasteiger partial charge on any atom is 0.206 e. The van der Waals surface area contributed by atoms with Crippen LogP contribution < -0.4 is 10.6 Å². The van der Waals surface area contributed by atoms with Crippen LogP contribution in [0.4, 0.5) is 0 Å². The normalized spacial score (nSPS) is 17.0. The van der Waals surface area contributed by atoms with Gasteiger partial charge in [-0.05, 0) is 24.0 Å². The van der Waals surface area contributed by atoms with E-state index in [0.717, 1.165) is 13.1 Å². The highest BCUT2D eigenvalue weighted by molar-refractivity contribution is 5.85. The molecule has 1 amide bonds. The predicted octanol–water partition coefficient (Wildman–Crippen LogP) is 2.52. The Labute approximate surface area is 120 Å². The number of benzene rings is 1. The van der Waals surface area contributed by atoms with E-state index in [4.69, 9.17) is 4.79 Å². The van der Waals surface area contributed by atoms with Crippen LogP contribution in [0.3, 0.4) is 0 Å². The topological polar surface area (TPSA) is 56.9 Å². The Bertz CT molecular complexity index is 562. The first-order valence-corrected chi connectivity index (χ1v) is 7.22. The zero-order valence-corrected chi connectivity index (χ0v) is 12.2. The molecular weight excluding hydrogens is 250 g/mol. The molecule has 4 heteroatoms. The second-order valence-corrected chi connectivity index (χ2v) is 5.09. The Balaban J connectivity index is 0.000000328. The second kappa shape index (κ2) is 7.10. The summed E-state index contributed by atoms with van der Waals surface area (Å²) in [6.45, 7) is 4.38. The van der Waals surface area contributed by atoms with Gasteiger partial charge in [0, 0.05) is 36.7 Å². The summed E-state index contributed by atoms with van der Waals surface area (Å²) in [6, 6.07) is 8.67. The fourth-order valence-corrected chi connectivity index (χ4v) is 2.89. The molecule has 20 heavy (non-hydrogen) atoms. The number of carbonyl (C=O) groups is 1. The fourth-order valence-electron chi connectivity index (χ4n) is 2.89. The molecule has 1 aliphatic heterocycles. The molecular formula is C16H23N3O. The van der Waals surface area contributed by atoms with Gasteiger partial charge in [-0.15, -0.1) is 0 Å². The maximum absolute atomic E-state index is 9.06. The number of hydrogen-bond acceptors (Lipinski definition) is 2. The average molecular weight is 273 g/mol. The molecule has 1 unspecified atom stereocenters. The van der Waals surface area contributed by atoms with Crippen molar-refractivity contribution in [1.82, 2.24) is 15.6 Å². The van der Waals surface area contributed by atoms with Crippen LogP contribution in [0.5, 0.6) is 0 Å². The van der Waals surface area contributed by atoms with Gasteiger partial charge in [-0.25, -0.2) is 0 Å². The first kappa shape index (κ1) is 14.6. The number of aromatic amines is 1. The smallest absolute Gasteiger partial charge is 0.206 e. The number of H-pyrrole nitrogens is 1. The fraction of sp³-hybridized carbons (Fsp3) is 0.438. The molecule has 1 aromatic heterocycles. The third kappa shape index (κ3) is 3.02. The summed E-state index contributed by atoms with van der Waals surface area (Å²) < 4.78 is 0. The molecule has 0 spiro atoms. The van der Waals surface area contributed by atoms with Gasteiger partial charge in [0.25, 0.3) is 0 Å². The Kier molecular flexibility index (Phi) is 5.18. The molecule has 108 valence electrons. The number of rotatable bonds is 3. The molecule has 2 heterocycles. The number of para-hydroxylation sites is 1. The minimum atomic E-state index is 0.625. The maximum atomic E-state index is 9.06. The second-order valence-electron chi connectivity index (χ2n) is 5.09. The van der Waals surface area contributed by atoms with Crippen molar-refractivity contribution in [2.45, 2.75) is 32.2 Å². The highest BCUT2D eigenvalue weighted by Gasteiger charge is 2.23. The van der Waals surface area contributed by atoms with Crippen LogP contribution in [0.2, 0.25) is 0 Å². The van der Waals surface area contributed by atoms with Gasteiger partial charge in [-0.2, -0.15) is 0 Å². The standard InChI is InChI=1S/C14H18N2.C2H5NO/c1-2-5-10-8-15-9-13-14(10)11-6-3-4-7-12(11)16-13;1-3-2-4/h3-4,6-7,10,15-16H,2,5,8-9H2,1H3;2H,1H3,(H,3,4). The summed E-state index contributed by atoms with van der Waals surface area (Å²) in [5.74, 6) is 0.685. The van der Waals surface area contributed by atoms with Crippen molar-refractivity contribution < 1.29 is 4.79 Å². The molecule has 2 aromatic rings. The van der Waals surface area contributed by atoms with Crippen molar-refractivity contribution in [2.24, 2.45) is 0 Å². The zero-order chi connectivity index (χ0) is 14.4. The van der Waals surface area contributed by atoms with Crippen molar-refractivity contribution in [1.29, 1.82) is 0 Å². The highest BCUT2D eigenvalue weighted by atomic mass is 16.1. The summed E-state index contributed by atoms with van der Waals surface area (Å²) in [4.78, 5) is 12.6.